The van der Waals surface area contributed by atoms with Gasteiger partial charge in [0.25, 0.3) is 0 Å². The van der Waals surface area contributed by atoms with Crippen molar-refractivity contribution < 1.29 is 0 Å². The van der Waals surface area contributed by atoms with E-state index < -0.39 is 0 Å². The molecule has 0 radical (unpaired) electrons. The lowest BCUT2D eigenvalue weighted by Crippen LogP contribution is -2.18. The van der Waals surface area contributed by atoms with Crippen molar-refractivity contribution in [2.75, 3.05) is 0 Å². The van der Waals surface area contributed by atoms with E-state index in [-0.39, 0.29) is 0 Å². The average molecular weight is 154 g/mol. The van der Waals surface area contributed by atoms with Crippen LogP contribution in [0.1, 0.15) is 53.9 Å². The molecule has 0 aromatic carbocycles. The third-order valence-corrected chi connectivity index (χ3v) is 3.19. The highest BCUT2D eigenvalue weighted by Gasteiger charge is 2.36. The fourth-order valence-corrected chi connectivity index (χ4v) is 2.18. The molecule has 1 saturated carbocycles. The maximum Gasteiger partial charge on any atom is -0.0351 e. The Hall–Kier alpha value is 0. The van der Waals surface area contributed by atoms with Crippen LogP contribution in [0.4, 0.5) is 0 Å². The molecule has 0 aromatic rings. The quantitative estimate of drug-likeness (QED) is 0.497. The van der Waals surface area contributed by atoms with Crippen LogP contribution >= 0.6 is 0 Å². The fourth-order valence-electron chi connectivity index (χ4n) is 2.18. The van der Waals surface area contributed by atoms with Crippen molar-refractivity contribution in [3.63, 3.8) is 0 Å². The minimum Gasteiger partial charge on any atom is -0.0599 e. The molecule has 0 spiro atoms. The van der Waals surface area contributed by atoms with Crippen molar-refractivity contribution >= 4 is 0 Å². The molecule has 1 atom stereocenters. The summed E-state index contributed by atoms with van der Waals surface area (Å²) in [4.78, 5) is 0. The van der Waals surface area contributed by atoms with Crippen molar-refractivity contribution in [2.24, 2.45) is 16.7 Å². The summed E-state index contributed by atoms with van der Waals surface area (Å²) in [6.07, 6.45) is 4.29. The van der Waals surface area contributed by atoms with Crippen LogP contribution in [0.15, 0.2) is 0 Å². The topological polar surface area (TPSA) is 0 Å². The van der Waals surface area contributed by atoms with E-state index in [1.807, 2.05) is 0 Å². The predicted octanol–water partition coefficient (Wildman–Crippen LogP) is 3.86. The Bertz CT molecular complexity index is 137. The molecule has 1 aliphatic rings. The lowest BCUT2D eigenvalue weighted by Gasteiger charge is -2.28. The van der Waals surface area contributed by atoms with Crippen LogP contribution in [0.25, 0.3) is 0 Å². The Morgan fingerprint density at radius 3 is 1.91 bits per heavy atom. The van der Waals surface area contributed by atoms with Gasteiger partial charge in [-0.3, -0.25) is 0 Å². The Labute approximate surface area is 71.4 Å². The normalized spacial score (nSPS) is 30.8. The van der Waals surface area contributed by atoms with Crippen LogP contribution in [-0.4, -0.2) is 0 Å². The summed E-state index contributed by atoms with van der Waals surface area (Å²) in [6.45, 7) is 11.9. The average Bonchev–Trinajstić information content (AvgIpc) is 2.07. The fraction of sp³-hybridized carbons (Fsp3) is 1.00. The molecule has 0 heteroatoms. The van der Waals surface area contributed by atoms with Gasteiger partial charge in [-0.2, -0.15) is 0 Å². The zero-order chi connectivity index (χ0) is 8.70. The highest BCUT2D eigenvalue weighted by molar-refractivity contribution is 4.87. The van der Waals surface area contributed by atoms with Gasteiger partial charge in [-0.05, 0) is 36.0 Å². The smallest absolute Gasteiger partial charge is 0.0351 e. The monoisotopic (exact) mass is 154 g/mol. The van der Waals surface area contributed by atoms with E-state index in [1.54, 1.807) is 0 Å². The summed E-state index contributed by atoms with van der Waals surface area (Å²) in [7, 11) is 0. The van der Waals surface area contributed by atoms with Crippen LogP contribution in [0, 0.1) is 16.7 Å². The molecule has 1 fully saturated rings. The molecule has 0 saturated heterocycles. The maximum absolute atomic E-state index is 2.40. The van der Waals surface area contributed by atoms with E-state index in [4.69, 9.17) is 0 Å². The number of rotatable bonds is 0. The largest absolute Gasteiger partial charge is 0.0599 e. The van der Waals surface area contributed by atoms with Gasteiger partial charge >= 0.3 is 0 Å². The first-order valence-electron chi connectivity index (χ1n) is 4.81. The van der Waals surface area contributed by atoms with Crippen LogP contribution in [0.5, 0.6) is 0 Å². The van der Waals surface area contributed by atoms with E-state index in [1.165, 1.54) is 19.3 Å². The number of hydrogen-bond acceptors (Lipinski definition) is 0. The van der Waals surface area contributed by atoms with Crippen molar-refractivity contribution in [3.05, 3.63) is 0 Å². The van der Waals surface area contributed by atoms with Gasteiger partial charge in [0.15, 0.2) is 0 Å². The van der Waals surface area contributed by atoms with Gasteiger partial charge in [0.05, 0.1) is 0 Å². The predicted molar refractivity (Wildman–Crippen MR) is 50.6 cm³/mol. The first-order valence-corrected chi connectivity index (χ1v) is 4.81. The van der Waals surface area contributed by atoms with Gasteiger partial charge in [-0.25, -0.2) is 0 Å². The van der Waals surface area contributed by atoms with Crippen LogP contribution in [-0.2, 0) is 0 Å². The van der Waals surface area contributed by atoms with Gasteiger partial charge < -0.3 is 0 Å². The summed E-state index contributed by atoms with van der Waals surface area (Å²) in [5.41, 5.74) is 1.16. The Balaban J connectivity index is 2.55. The first-order chi connectivity index (χ1) is 4.81. The molecule has 1 unspecified atom stereocenters. The zero-order valence-electron chi connectivity index (χ0n) is 8.70. The Morgan fingerprint density at radius 2 is 1.73 bits per heavy atom. The molecular formula is C11H22. The first kappa shape index (κ1) is 9.09. The summed E-state index contributed by atoms with van der Waals surface area (Å²) in [6, 6.07) is 0. The second-order valence-electron chi connectivity index (χ2n) is 5.97. The minimum absolute atomic E-state index is 0.535. The van der Waals surface area contributed by atoms with E-state index in [9.17, 15) is 0 Å². The molecule has 0 N–H and O–H groups in total. The molecule has 1 rings (SSSR count). The molecular weight excluding hydrogens is 132 g/mol. The summed E-state index contributed by atoms with van der Waals surface area (Å²) in [5, 5.41) is 0. The van der Waals surface area contributed by atoms with E-state index >= 15 is 0 Å². The van der Waals surface area contributed by atoms with Crippen molar-refractivity contribution in [1.29, 1.82) is 0 Å². The second kappa shape index (κ2) is 2.50. The van der Waals surface area contributed by atoms with Gasteiger partial charge in [-0.15, -0.1) is 0 Å². The van der Waals surface area contributed by atoms with Gasteiger partial charge in [0.1, 0.15) is 0 Å². The van der Waals surface area contributed by atoms with E-state index in [0.717, 1.165) is 5.92 Å². The van der Waals surface area contributed by atoms with Crippen LogP contribution in [0.2, 0.25) is 0 Å². The van der Waals surface area contributed by atoms with Crippen molar-refractivity contribution in [1.82, 2.24) is 0 Å². The highest BCUT2D eigenvalue weighted by atomic mass is 14.4. The molecule has 11 heavy (non-hydrogen) atoms. The highest BCUT2D eigenvalue weighted by Crippen LogP contribution is 2.48. The van der Waals surface area contributed by atoms with Gasteiger partial charge in [-0.1, -0.05) is 34.6 Å². The second-order valence-corrected chi connectivity index (χ2v) is 5.97. The molecule has 0 aromatic heterocycles. The van der Waals surface area contributed by atoms with E-state index in [0.29, 0.717) is 10.8 Å². The van der Waals surface area contributed by atoms with Crippen LogP contribution in [0.3, 0.4) is 0 Å². The molecule has 0 heterocycles. The Kier molecular flexibility index (Phi) is 2.07. The number of hydrogen-bond donors (Lipinski definition) is 0. The molecule has 0 amide bonds. The maximum atomic E-state index is 2.40. The Morgan fingerprint density at radius 1 is 1.18 bits per heavy atom. The summed E-state index contributed by atoms with van der Waals surface area (Å²) < 4.78 is 0. The summed E-state index contributed by atoms with van der Waals surface area (Å²) >= 11 is 0. The molecule has 0 nitrogen and oxygen atoms in total. The lowest BCUT2D eigenvalue weighted by atomic mass is 9.78. The molecule has 0 bridgehead atoms. The van der Waals surface area contributed by atoms with E-state index in [2.05, 4.69) is 34.6 Å². The van der Waals surface area contributed by atoms with Crippen molar-refractivity contribution in [3.8, 4) is 0 Å². The zero-order valence-corrected chi connectivity index (χ0v) is 8.70. The molecule has 1 aliphatic carbocycles. The third-order valence-electron chi connectivity index (χ3n) is 3.19. The SMILES string of the molecule is CC1(C)CCC(C(C)(C)C)C1. The summed E-state index contributed by atoms with van der Waals surface area (Å²) in [5.74, 6) is 0.956. The third kappa shape index (κ3) is 2.21. The van der Waals surface area contributed by atoms with Crippen molar-refractivity contribution in [2.45, 2.75) is 53.9 Å². The van der Waals surface area contributed by atoms with Gasteiger partial charge in [0.2, 0.25) is 0 Å². The standard InChI is InChI=1S/C11H22/c1-10(2,3)9-6-7-11(4,5)8-9/h9H,6-8H2,1-5H3. The van der Waals surface area contributed by atoms with Gasteiger partial charge in [0, 0.05) is 0 Å². The van der Waals surface area contributed by atoms with Crippen LogP contribution < -0.4 is 0 Å². The molecule has 66 valence electrons. The lowest BCUT2D eigenvalue weighted by molar-refractivity contribution is 0.223. The molecule has 0 aliphatic heterocycles. The minimum atomic E-state index is 0.535.